The van der Waals surface area contributed by atoms with Gasteiger partial charge in [0.15, 0.2) is 0 Å². The van der Waals surface area contributed by atoms with Crippen molar-refractivity contribution in [2.24, 2.45) is 0 Å². The van der Waals surface area contributed by atoms with E-state index in [4.69, 9.17) is 4.74 Å². The molecule has 0 aromatic rings. The number of amides is 1. The van der Waals surface area contributed by atoms with Gasteiger partial charge in [0.2, 0.25) is 5.91 Å². The minimum atomic E-state index is -0.266. The monoisotopic (exact) mass is 214 g/mol. The van der Waals surface area contributed by atoms with Gasteiger partial charge in [0.05, 0.1) is 19.1 Å². The molecule has 0 aromatic carbocycles. The predicted molar refractivity (Wildman–Crippen MR) is 55.3 cm³/mol. The maximum Gasteiger partial charge on any atom is 0.307 e. The van der Waals surface area contributed by atoms with Crippen molar-refractivity contribution < 1.29 is 14.3 Å². The highest BCUT2D eigenvalue weighted by Crippen LogP contribution is 2.04. The van der Waals surface area contributed by atoms with E-state index in [2.05, 4.69) is 10.6 Å². The molecule has 1 atom stereocenters. The summed E-state index contributed by atoms with van der Waals surface area (Å²) in [5.74, 6) is -0.283. The van der Waals surface area contributed by atoms with E-state index >= 15 is 0 Å². The van der Waals surface area contributed by atoms with Crippen LogP contribution in [-0.2, 0) is 14.3 Å². The van der Waals surface area contributed by atoms with E-state index in [0.29, 0.717) is 13.2 Å². The Hall–Kier alpha value is -1.10. The molecule has 1 aliphatic heterocycles. The highest BCUT2D eigenvalue weighted by atomic mass is 16.5. The maximum absolute atomic E-state index is 11.5. The Morgan fingerprint density at radius 1 is 1.53 bits per heavy atom. The first-order valence-electron chi connectivity index (χ1n) is 5.40. The topological polar surface area (TPSA) is 67.4 Å². The highest BCUT2D eigenvalue weighted by molar-refractivity contribution is 5.82. The van der Waals surface area contributed by atoms with E-state index in [1.54, 1.807) is 6.92 Å². The molecule has 1 fully saturated rings. The van der Waals surface area contributed by atoms with Gasteiger partial charge in [0.1, 0.15) is 0 Å². The Morgan fingerprint density at radius 3 is 2.93 bits per heavy atom. The van der Waals surface area contributed by atoms with Crippen LogP contribution < -0.4 is 10.6 Å². The van der Waals surface area contributed by atoms with Crippen molar-refractivity contribution in [3.05, 3.63) is 0 Å². The van der Waals surface area contributed by atoms with Crippen LogP contribution in [-0.4, -0.2) is 37.6 Å². The lowest BCUT2D eigenvalue weighted by Gasteiger charge is -2.10. The third kappa shape index (κ3) is 4.29. The fourth-order valence-corrected chi connectivity index (χ4v) is 1.55. The Labute approximate surface area is 89.6 Å². The van der Waals surface area contributed by atoms with E-state index in [-0.39, 0.29) is 24.3 Å². The summed E-state index contributed by atoms with van der Waals surface area (Å²) < 4.78 is 4.74. The second-order valence-corrected chi connectivity index (χ2v) is 3.49. The SMILES string of the molecule is CCOC(=O)CCNC(=O)[C@H]1CCCN1. The maximum atomic E-state index is 11.5. The van der Waals surface area contributed by atoms with E-state index in [9.17, 15) is 9.59 Å². The molecule has 1 heterocycles. The summed E-state index contributed by atoms with van der Waals surface area (Å²) in [6, 6.07) is -0.0767. The molecule has 0 bridgehead atoms. The summed E-state index contributed by atoms with van der Waals surface area (Å²) in [5.41, 5.74) is 0. The van der Waals surface area contributed by atoms with Gasteiger partial charge in [0, 0.05) is 6.54 Å². The minimum absolute atomic E-state index is 0.0169. The van der Waals surface area contributed by atoms with Gasteiger partial charge in [-0.05, 0) is 26.3 Å². The molecule has 0 radical (unpaired) electrons. The quantitative estimate of drug-likeness (QED) is 0.622. The molecule has 5 heteroatoms. The number of nitrogens with one attached hydrogen (secondary N) is 2. The average Bonchev–Trinajstić information content (AvgIpc) is 2.70. The van der Waals surface area contributed by atoms with Crippen molar-refractivity contribution >= 4 is 11.9 Å². The van der Waals surface area contributed by atoms with E-state index in [1.165, 1.54) is 0 Å². The van der Waals surface area contributed by atoms with E-state index in [1.807, 2.05) is 0 Å². The molecule has 1 aliphatic rings. The largest absolute Gasteiger partial charge is 0.466 e. The third-order valence-electron chi connectivity index (χ3n) is 2.31. The molecule has 0 aromatic heterocycles. The smallest absolute Gasteiger partial charge is 0.307 e. The third-order valence-corrected chi connectivity index (χ3v) is 2.31. The van der Waals surface area contributed by atoms with Gasteiger partial charge < -0.3 is 15.4 Å². The first-order valence-corrected chi connectivity index (χ1v) is 5.40. The lowest BCUT2D eigenvalue weighted by atomic mass is 10.2. The zero-order valence-electron chi connectivity index (χ0n) is 9.04. The zero-order chi connectivity index (χ0) is 11.1. The highest BCUT2D eigenvalue weighted by Gasteiger charge is 2.21. The zero-order valence-corrected chi connectivity index (χ0v) is 9.04. The summed E-state index contributed by atoms with van der Waals surface area (Å²) in [6.07, 6.45) is 2.16. The number of rotatable bonds is 5. The van der Waals surface area contributed by atoms with Gasteiger partial charge in [-0.3, -0.25) is 9.59 Å². The molecule has 1 saturated heterocycles. The van der Waals surface area contributed by atoms with Crippen LogP contribution in [0, 0.1) is 0 Å². The van der Waals surface area contributed by atoms with Crippen LogP contribution in [0.2, 0.25) is 0 Å². The fraction of sp³-hybridized carbons (Fsp3) is 0.800. The first-order chi connectivity index (χ1) is 7.24. The fourth-order valence-electron chi connectivity index (χ4n) is 1.55. The summed E-state index contributed by atoms with van der Waals surface area (Å²) in [5, 5.41) is 5.80. The van der Waals surface area contributed by atoms with Gasteiger partial charge >= 0.3 is 5.97 Å². The summed E-state index contributed by atoms with van der Waals surface area (Å²) in [4.78, 5) is 22.4. The molecule has 0 unspecified atom stereocenters. The number of hydrogen-bond donors (Lipinski definition) is 2. The molecule has 15 heavy (non-hydrogen) atoms. The van der Waals surface area contributed by atoms with Crippen LogP contribution in [0.25, 0.3) is 0 Å². The molecule has 5 nitrogen and oxygen atoms in total. The molecule has 1 amide bonds. The van der Waals surface area contributed by atoms with Crippen LogP contribution in [0.15, 0.2) is 0 Å². The summed E-state index contributed by atoms with van der Waals surface area (Å²) >= 11 is 0. The lowest BCUT2D eigenvalue weighted by molar-refractivity contribution is -0.143. The van der Waals surface area contributed by atoms with Crippen LogP contribution in [0.3, 0.4) is 0 Å². The standard InChI is InChI=1S/C10H18N2O3/c1-2-15-9(13)5-7-12-10(14)8-4-3-6-11-8/h8,11H,2-7H2,1H3,(H,12,14)/t8-/m1/s1. The van der Waals surface area contributed by atoms with Crippen LogP contribution >= 0.6 is 0 Å². The minimum Gasteiger partial charge on any atom is -0.466 e. The molecule has 0 aliphatic carbocycles. The molecular weight excluding hydrogens is 196 g/mol. The summed E-state index contributed by atoms with van der Waals surface area (Å²) in [6.45, 7) is 3.40. The first kappa shape index (κ1) is 12.0. The normalized spacial score (nSPS) is 19.9. The number of esters is 1. The van der Waals surface area contributed by atoms with Crippen molar-refractivity contribution in [3.8, 4) is 0 Å². The molecule has 0 spiro atoms. The van der Waals surface area contributed by atoms with E-state index < -0.39 is 0 Å². The Bertz CT molecular complexity index is 225. The van der Waals surface area contributed by atoms with Crippen molar-refractivity contribution in [1.82, 2.24) is 10.6 Å². The Morgan fingerprint density at radius 2 is 2.33 bits per heavy atom. The van der Waals surface area contributed by atoms with Crippen LogP contribution in [0.1, 0.15) is 26.2 Å². The second-order valence-electron chi connectivity index (χ2n) is 3.49. The van der Waals surface area contributed by atoms with Crippen LogP contribution in [0.5, 0.6) is 0 Å². The number of carbonyl (C=O) groups is 2. The Kier molecular flexibility index (Phi) is 5.10. The molecular formula is C10H18N2O3. The summed E-state index contributed by atoms with van der Waals surface area (Å²) in [7, 11) is 0. The number of hydrogen-bond acceptors (Lipinski definition) is 4. The predicted octanol–water partition coefficient (Wildman–Crippen LogP) is -0.192. The number of carbonyl (C=O) groups excluding carboxylic acids is 2. The van der Waals surface area contributed by atoms with Gasteiger partial charge in [-0.2, -0.15) is 0 Å². The van der Waals surface area contributed by atoms with Crippen molar-refractivity contribution in [1.29, 1.82) is 0 Å². The molecule has 2 N–H and O–H groups in total. The lowest BCUT2D eigenvalue weighted by Crippen LogP contribution is -2.41. The van der Waals surface area contributed by atoms with Crippen molar-refractivity contribution in [2.75, 3.05) is 19.7 Å². The second kappa shape index (κ2) is 6.40. The number of ether oxygens (including phenoxy) is 1. The van der Waals surface area contributed by atoms with Crippen LogP contribution in [0.4, 0.5) is 0 Å². The molecule has 86 valence electrons. The average molecular weight is 214 g/mol. The van der Waals surface area contributed by atoms with Gasteiger partial charge in [0.25, 0.3) is 0 Å². The van der Waals surface area contributed by atoms with E-state index in [0.717, 1.165) is 19.4 Å². The Balaban J connectivity index is 2.08. The van der Waals surface area contributed by atoms with Crippen molar-refractivity contribution in [2.45, 2.75) is 32.2 Å². The van der Waals surface area contributed by atoms with Gasteiger partial charge in [-0.1, -0.05) is 0 Å². The van der Waals surface area contributed by atoms with Crippen molar-refractivity contribution in [3.63, 3.8) is 0 Å². The van der Waals surface area contributed by atoms with Gasteiger partial charge in [-0.25, -0.2) is 0 Å². The van der Waals surface area contributed by atoms with Gasteiger partial charge in [-0.15, -0.1) is 0 Å². The molecule has 0 saturated carbocycles. The molecule has 1 rings (SSSR count).